The Hall–Kier alpha value is -4.85. The lowest BCUT2D eigenvalue weighted by molar-refractivity contribution is 1.07. The first kappa shape index (κ1) is 22.6. The van der Waals surface area contributed by atoms with Gasteiger partial charge in [0.15, 0.2) is 17.5 Å². The van der Waals surface area contributed by atoms with E-state index in [9.17, 15) is 5.26 Å². The van der Waals surface area contributed by atoms with Crippen molar-refractivity contribution in [2.45, 2.75) is 0 Å². The molecular formula is C32H19ClN4. The monoisotopic (exact) mass is 494 g/mol. The predicted octanol–water partition coefficient (Wildman–Crippen LogP) is 8.22. The molecule has 0 saturated heterocycles. The lowest BCUT2D eigenvalue weighted by Gasteiger charge is -2.11. The van der Waals surface area contributed by atoms with Crippen molar-refractivity contribution in [3.05, 3.63) is 126 Å². The summed E-state index contributed by atoms with van der Waals surface area (Å²) in [6.45, 7) is 0. The van der Waals surface area contributed by atoms with Crippen molar-refractivity contribution >= 4 is 22.4 Å². The number of hydrogen-bond donors (Lipinski definition) is 0. The van der Waals surface area contributed by atoms with E-state index in [-0.39, 0.29) is 0 Å². The van der Waals surface area contributed by atoms with E-state index in [1.54, 1.807) is 0 Å². The van der Waals surface area contributed by atoms with Gasteiger partial charge in [-0.05, 0) is 52.9 Å². The zero-order valence-corrected chi connectivity index (χ0v) is 20.4. The first-order chi connectivity index (χ1) is 18.2. The Labute approximate surface area is 219 Å². The fourth-order valence-corrected chi connectivity index (χ4v) is 4.55. The standard InChI is InChI=1S/C32H19ClN4/c33-26-16-13-22(14-17-26)31-35-30(21-7-2-1-3-8-21)36-32(37-31)24-10-6-9-23(19-24)28-18-15-25(20-34)27-11-4-5-12-29(27)28/h1-19H. The van der Waals surface area contributed by atoms with Gasteiger partial charge in [0, 0.05) is 27.1 Å². The zero-order chi connectivity index (χ0) is 25.2. The van der Waals surface area contributed by atoms with E-state index in [0.29, 0.717) is 28.1 Å². The summed E-state index contributed by atoms with van der Waals surface area (Å²) >= 11 is 6.12. The molecule has 0 N–H and O–H groups in total. The van der Waals surface area contributed by atoms with Crippen molar-refractivity contribution in [2.24, 2.45) is 0 Å². The van der Waals surface area contributed by atoms with Crippen molar-refractivity contribution in [1.82, 2.24) is 15.0 Å². The molecule has 0 bridgehead atoms. The number of benzene rings is 5. The highest BCUT2D eigenvalue weighted by molar-refractivity contribution is 6.30. The highest BCUT2D eigenvalue weighted by Crippen LogP contribution is 2.33. The Morgan fingerprint density at radius 1 is 0.514 bits per heavy atom. The second-order valence-corrected chi connectivity index (χ2v) is 9.01. The molecule has 174 valence electrons. The van der Waals surface area contributed by atoms with Gasteiger partial charge in [-0.3, -0.25) is 0 Å². The van der Waals surface area contributed by atoms with Crippen LogP contribution in [0.2, 0.25) is 5.02 Å². The summed E-state index contributed by atoms with van der Waals surface area (Å²) in [4.78, 5) is 14.5. The third-order valence-corrected chi connectivity index (χ3v) is 6.50. The van der Waals surface area contributed by atoms with Gasteiger partial charge < -0.3 is 0 Å². The molecule has 6 rings (SSSR count). The van der Waals surface area contributed by atoms with E-state index in [0.717, 1.165) is 38.6 Å². The average molecular weight is 495 g/mol. The quantitative estimate of drug-likeness (QED) is 0.247. The number of aromatic nitrogens is 3. The molecule has 0 aliphatic heterocycles. The Morgan fingerprint density at radius 2 is 1.08 bits per heavy atom. The zero-order valence-electron chi connectivity index (χ0n) is 19.6. The first-order valence-corrected chi connectivity index (χ1v) is 12.2. The maximum Gasteiger partial charge on any atom is 0.164 e. The van der Waals surface area contributed by atoms with E-state index in [4.69, 9.17) is 26.6 Å². The minimum atomic E-state index is 0.578. The van der Waals surface area contributed by atoms with Crippen LogP contribution in [0.25, 0.3) is 56.1 Å². The molecule has 0 unspecified atom stereocenters. The Kier molecular flexibility index (Phi) is 5.90. The molecule has 0 saturated carbocycles. The number of halogens is 1. The van der Waals surface area contributed by atoms with E-state index < -0.39 is 0 Å². The van der Waals surface area contributed by atoms with Gasteiger partial charge in [0.1, 0.15) is 0 Å². The van der Waals surface area contributed by atoms with Crippen LogP contribution in [0.4, 0.5) is 0 Å². The Morgan fingerprint density at radius 3 is 1.78 bits per heavy atom. The van der Waals surface area contributed by atoms with Crippen LogP contribution >= 0.6 is 11.6 Å². The van der Waals surface area contributed by atoms with Crippen molar-refractivity contribution in [3.63, 3.8) is 0 Å². The molecule has 1 heterocycles. The maximum atomic E-state index is 9.57. The van der Waals surface area contributed by atoms with Gasteiger partial charge in [-0.15, -0.1) is 0 Å². The molecule has 0 amide bonds. The summed E-state index contributed by atoms with van der Waals surface area (Å²) in [5, 5.41) is 12.2. The van der Waals surface area contributed by atoms with Crippen LogP contribution in [0.3, 0.4) is 0 Å². The molecule has 0 atom stereocenters. The minimum Gasteiger partial charge on any atom is -0.208 e. The number of fused-ring (bicyclic) bond motifs is 1. The van der Waals surface area contributed by atoms with E-state index in [1.807, 2.05) is 103 Å². The highest BCUT2D eigenvalue weighted by atomic mass is 35.5. The molecule has 37 heavy (non-hydrogen) atoms. The molecule has 5 aromatic carbocycles. The van der Waals surface area contributed by atoms with E-state index in [2.05, 4.69) is 18.2 Å². The van der Waals surface area contributed by atoms with Gasteiger partial charge in [-0.2, -0.15) is 5.26 Å². The van der Waals surface area contributed by atoms with Crippen LogP contribution in [0, 0.1) is 11.3 Å². The highest BCUT2D eigenvalue weighted by Gasteiger charge is 2.14. The van der Waals surface area contributed by atoms with Gasteiger partial charge >= 0.3 is 0 Å². The van der Waals surface area contributed by atoms with Crippen molar-refractivity contribution in [1.29, 1.82) is 5.26 Å². The van der Waals surface area contributed by atoms with Crippen LogP contribution in [0.15, 0.2) is 115 Å². The molecule has 0 aliphatic carbocycles. The third-order valence-electron chi connectivity index (χ3n) is 6.25. The molecular weight excluding hydrogens is 476 g/mol. The largest absolute Gasteiger partial charge is 0.208 e. The van der Waals surface area contributed by atoms with Crippen LogP contribution in [-0.4, -0.2) is 15.0 Å². The van der Waals surface area contributed by atoms with Crippen LogP contribution in [0.1, 0.15) is 5.56 Å². The van der Waals surface area contributed by atoms with E-state index >= 15 is 0 Å². The molecule has 0 aliphatic rings. The van der Waals surface area contributed by atoms with Crippen molar-refractivity contribution in [2.75, 3.05) is 0 Å². The number of nitriles is 1. The SMILES string of the molecule is N#Cc1ccc(-c2cccc(-c3nc(-c4ccccc4)nc(-c4ccc(Cl)cc4)n3)c2)c2ccccc12. The Bertz CT molecular complexity index is 1790. The fraction of sp³-hybridized carbons (Fsp3) is 0. The number of nitrogens with zero attached hydrogens (tertiary/aromatic N) is 4. The fourth-order valence-electron chi connectivity index (χ4n) is 4.42. The summed E-state index contributed by atoms with van der Waals surface area (Å²) < 4.78 is 0. The average Bonchev–Trinajstić information content (AvgIpc) is 2.97. The normalized spacial score (nSPS) is 10.8. The molecule has 1 aromatic heterocycles. The van der Waals surface area contributed by atoms with E-state index in [1.165, 1.54) is 0 Å². The molecule has 0 radical (unpaired) electrons. The van der Waals surface area contributed by atoms with Crippen molar-refractivity contribution in [3.8, 4) is 51.4 Å². The molecule has 0 spiro atoms. The predicted molar refractivity (Wildman–Crippen MR) is 149 cm³/mol. The van der Waals surface area contributed by atoms with Gasteiger partial charge in [0.25, 0.3) is 0 Å². The van der Waals surface area contributed by atoms with Gasteiger partial charge in [-0.1, -0.05) is 90.5 Å². The summed E-state index contributed by atoms with van der Waals surface area (Å²) in [7, 11) is 0. The van der Waals surface area contributed by atoms with Gasteiger partial charge in [0.2, 0.25) is 0 Å². The molecule has 6 aromatic rings. The molecule has 4 nitrogen and oxygen atoms in total. The van der Waals surface area contributed by atoms with Crippen LogP contribution < -0.4 is 0 Å². The lowest BCUT2D eigenvalue weighted by atomic mass is 9.94. The van der Waals surface area contributed by atoms with Crippen LogP contribution in [0.5, 0.6) is 0 Å². The lowest BCUT2D eigenvalue weighted by Crippen LogP contribution is -2.00. The summed E-state index contributed by atoms with van der Waals surface area (Å²) in [5.41, 5.74) is 5.38. The molecule has 0 fully saturated rings. The maximum absolute atomic E-state index is 9.57. The molecule has 5 heteroatoms. The number of hydrogen-bond acceptors (Lipinski definition) is 4. The van der Waals surface area contributed by atoms with Gasteiger partial charge in [0.05, 0.1) is 11.6 Å². The van der Waals surface area contributed by atoms with Crippen molar-refractivity contribution < 1.29 is 0 Å². The smallest absolute Gasteiger partial charge is 0.164 e. The topological polar surface area (TPSA) is 62.5 Å². The summed E-state index contributed by atoms with van der Waals surface area (Å²) in [6.07, 6.45) is 0. The first-order valence-electron chi connectivity index (χ1n) is 11.8. The minimum absolute atomic E-state index is 0.578. The summed E-state index contributed by atoms with van der Waals surface area (Å²) in [6, 6.07) is 39.7. The second kappa shape index (κ2) is 9.66. The third kappa shape index (κ3) is 4.45. The second-order valence-electron chi connectivity index (χ2n) is 8.58. The Balaban J connectivity index is 1.52. The summed E-state index contributed by atoms with van der Waals surface area (Å²) in [5.74, 6) is 1.76. The number of rotatable bonds is 4. The van der Waals surface area contributed by atoms with Gasteiger partial charge in [-0.25, -0.2) is 15.0 Å². The van der Waals surface area contributed by atoms with Crippen LogP contribution in [-0.2, 0) is 0 Å².